The van der Waals surface area contributed by atoms with Crippen molar-refractivity contribution in [2.75, 3.05) is 23.4 Å². The molecule has 0 bridgehead atoms. The van der Waals surface area contributed by atoms with Crippen LogP contribution in [0.25, 0.3) is 0 Å². The smallest absolute Gasteiger partial charge is 0.234 e. The zero-order valence-electron chi connectivity index (χ0n) is 17.0. The Balaban J connectivity index is 1.47. The highest BCUT2D eigenvalue weighted by atomic mass is 32.2. The van der Waals surface area contributed by atoms with Gasteiger partial charge in [0.05, 0.1) is 11.5 Å². The molecule has 2 amide bonds. The van der Waals surface area contributed by atoms with Gasteiger partial charge in [0, 0.05) is 18.2 Å². The summed E-state index contributed by atoms with van der Waals surface area (Å²) in [6.07, 6.45) is 0. The van der Waals surface area contributed by atoms with Crippen LogP contribution >= 0.6 is 11.8 Å². The zero-order chi connectivity index (χ0) is 21.2. The number of amides is 2. The molecule has 0 atom stereocenters. The van der Waals surface area contributed by atoms with Crippen molar-refractivity contribution in [2.45, 2.75) is 12.8 Å². The van der Waals surface area contributed by atoms with Crippen molar-refractivity contribution in [3.8, 4) is 0 Å². The third kappa shape index (κ3) is 6.78. The molecule has 0 spiro atoms. The molecule has 154 valence electrons. The Bertz CT molecular complexity index is 922. The summed E-state index contributed by atoms with van der Waals surface area (Å²) in [6.45, 7) is 2.50. The van der Waals surface area contributed by atoms with Crippen LogP contribution < -0.4 is 10.6 Å². The fourth-order valence-corrected chi connectivity index (χ4v) is 3.87. The van der Waals surface area contributed by atoms with Crippen molar-refractivity contribution in [1.82, 2.24) is 5.32 Å². The van der Waals surface area contributed by atoms with Crippen LogP contribution in [0, 0.1) is 6.92 Å². The summed E-state index contributed by atoms with van der Waals surface area (Å²) in [5.41, 5.74) is 4.19. The summed E-state index contributed by atoms with van der Waals surface area (Å²) >= 11 is 1.31. The molecule has 5 heteroatoms. The Morgan fingerprint density at radius 3 is 2.00 bits per heavy atom. The summed E-state index contributed by atoms with van der Waals surface area (Å²) in [4.78, 5) is 24.4. The Hall–Kier alpha value is -3.05. The molecule has 0 fully saturated rings. The number of rotatable bonds is 9. The first-order chi connectivity index (χ1) is 14.6. The number of aryl methyl sites for hydroxylation is 1. The Morgan fingerprint density at radius 1 is 0.800 bits per heavy atom. The molecular weight excluding hydrogens is 392 g/mol. The van der Waals surface area contributed by atoms with Gasteiger partial charge >= 0.3 is 0 Å². The van der Waals surface area contributed by atoms with Gasteiger partial charge in [0.15, 0.2) is 0 Å². The van der Waals surface area contributed by atoms with Gasteiger partial charge in [-0.25, -0.2) is 0 Å². The maximum absolute atomic E-state index is 12.3. The molecule has 0 aliphatic heterocycles. The van der Waals surface area contributed by atoms with E-state index in [4.69, 9.17) is 0 Å². The van der Waals surface area contributed by atoms with E-state index in [1.165, 1.54) is 11.8 Å². The van der Waals surface area contributed by atoms with E-state index in [9.17, 15) is 9.59 Å². The minimum absolute atomic E-state index is 0.0692. The minimum atomic E-state index is -0.107. The number of thioether (sulfide) groups is 1. The van der Waals surface area contributed by atoms with E-state index in [1.807, 2.05) is 67.6 Å². The number of hydrogen-bond donors (Lipinski definition) is 2. The second-order valence-corrected chi connectivity index (χ2v) is 8.07. The highest BCUT2D eigenvalue weighted by Gasteiger charge is 2.15. The number of hydrogen-bond acceptors (Lipinski definition) is 3. The fourth-order valence-electron chi connectivity index (χ4n) is 3.22. The monoisotopic (exact) mass is 418 g/mol. The normalized spacial score (nSPS) is 10.6. The van der Waals surface area contributed by atoms with Gasteiger partial charge in [-0.15, -0.1) is 11.8 Å². The van der Waals surface area contributed by atoms with Crippen LogP contribution in [0.1, 0.15) is 22.6 Å². The number of anilines is 1. The molecule has 3 rings (SSSR count). The first-order valence-electron chi connectivity index (χ1n) is 9.92. The van der Waals surface area contributed by atoms with E-state index in [0.29, 0.717) is 6.54 Å². The lowest BCUT2D eigenvalue weighted by Gasteiger charge is -2.19. The number of carbonyl (C=O) groups is 2. The molecule has 2 N–H and O–H groups in total. The van der Waals surface area contributed by atoms with Gasteiger partial charge in [-0.1, -0.05) is 72.8 Å². The lowest BCUT2D eigenvalue weighted by Crippen LogP contribution is -2.30. The molecule has 0 saturated carbocycles. The van der Waals surface area contributed by atoms with E-state index in [2.05, 4.69) is 34.9 Å². The van der Waals surface area contributed by atoms with Crippen LogP contribution in [0.5, 0.6) is 0 Å². The predicted octanol–water partition coefficient (Wildman–Crippen LogP) is 4.62. The van der Waals surface area contributed by atoms with Crippen molar-refractivity contribution < 1.29 is 9.59 Å². The topological polar surface area (TPSA) is 58.2 Å². The maximum atomic E-state index is 12.3. The van der Waals surface area contributed by atoms with E-state index in [0.717, 1.165) is 22.4 Å². The molecule has 0 aromatic heterocycles. The van der Waals surface area contributed by atoms with Gasteiger partial charge in [0.2, 0.25) is 11.8 Å². The molecular formula is C25H26N2O2S. The summed E-state index contributed by atoms with van der Waals surface area (Å²) in [5.74, 6) is 0.399. The third-order valence-corrected chi connectivity index (χ3v) is 5.61. The van der Waals surface area contributed by atoms with Crippen molar-refractivity contribution in [3.63, 3.8) is 0 Å². The first kappa shape index (κ1) is 21.7. The van der Waals surface area contributed by atoms with Crippen LogP contribution in [0.15, 0.2) is 84.9 Å². The third-order valence-electron chi connectivity index (χ3n) is 4.68. The summed E-state index contributed by atoms with van der Waals surface area (Å²) in [5, 5.41) is 5.88. The molecule has 0 aliphatic rings. The summed E-state index contributed by atoms with van der Waals surface area (Å²) < 4.78 is 0. The van der Waals surface area contributed by atoms with E-state index in [-0.39, 0.29) is 29.2 Å². The highest BCUT2D eigenvalue weighted by Crippen LogP contribution is 2.23. The fraction of sp³-hybridized carbons (Fsp3) is 0.200. The lowest BCUT2D eigenvalue weighted by atomic mass is 9.91. The van der Waals surface area contributed by atoms with Gasteiger partial charge in [-0.3, -0.25) is 9.59 Å². The molecule has 4 nitrogen and oxygen atoms in total. The molecule has 0 unspecified atom stereocenters. The predicted molar refractivity (Wildman–Crippen MR) is 125 cm³/mol. The Morgan fingerprint density at radius 2 is 1.40 bits per heavy atom. The van der Waals surface area contributed by atoms with Crippen molar-refractivity contribution in [2.24, 2.45) is 0 Å². The molecule has 0 radical (unpaired) electrons. The molecule has 30 heavy (non-hydrogen) atoms. The maximum Gasteiger partial charge on any atom is 0.234 e. The second kappa shape index (κ2) is 11.2. The van der Waals surface area contributed by atoms with Crippen LogP contribution in [0.2, 0.25) is 0 Å². The number of benzene rings is 3. The van der Waals surface area contributed by atoms with Crippen LogP contribution in [0.4, 0.5) is 5.69 Å². The quantitative estimate of drug-likeness (QED) is 0.533. The molecule has 3 aromatic carbocycles. The zero-order valence-corrected chi connectivity index (χ0v) is 17.8. The highest BCUT2D eigenvalue weighted by molar-refractivity contribution is 8.00. The standard InChI is InChI=1S/C25H26N2O2S/c1-19-9-8-14-22(15-19)27-25(29)18-30-17-24(28)26-16-23(20-10-4-2-5-11-20)21-12-6-3-7-13-21/h2-15,23H,16-18H2,1H3,(H,26,28)(H,27,29). The van der Waals surface area contributed by atoms with Crippen LogP contribution in [0.3, 0.4) is 0 Å². The first-order valence-corrected chi connectivity index (χ1v) is 11.1. The van der Waals surface area contributed by atoms with Gasteiger partial charge in [-0.05, 0) is 35.7 Å². The van der Waals surface area contributed by atoms with Crippen molar-refractivity contribution in [1.29, 1.82) is 0 Å². The number of carbonyl (C=O) groups excluding carboxylic acids is 2. The second-order valence-electron chi connectivity index (χ2n) is 7.09. The van der Waals surface area contributed by atoms with E-state index in [1.54, 1.807) is 0 Å². The van der Waals surface area contributed by atoms with Crippen LogP contribution in [-0.4, -0.2) is 29.9 Å². The molecule has 0 heterocycles. The Labute approximate surface area is 182 Å². The largest absolute Gasteiger partial charge is 0.354 e. The summed E-state index contributed by atoms with van der Waals surface area (Å²) in [6, 6.07) is 28.0. The van der Waals surface area contributed by atoms with Crippen molar-refractivity contribution >= 4 is 29.3 Å². The van der Waals surface area contributed by atoms with Gasteiger partial charge < -0.3 is 10.6 Å². The van der Waals surface area contributed by atoms with E-state index < -0.39 is 0 Å². The van der Waals surface area contributed by atoms with Gasteiger partial charge in [0.1, 0.15) is 0 Å². The number of nitrogens with one attached hydrogen (secondary N) is 2. The summed E-state index contributed by atoms with van der Waals surface area (Å²) in [7, 11) is 0. The Kier molecular flexibility index (Phi) is 8.10. The van der Waals surface area contributed by atoms with Gasteiger partial charge in [-0.2, -0.15) is 0 Å². The minimum Gasteiger partial charge on any atom is -0.354 e. The van der Waals surface area contributed by atoms with Crippen LogP contribution in [-0.2, 0) is 9.59 Å². The van der Waals surface area contributed by atoms with E-state index >= 15 is 0 Å². The molecule has 3 aromatic rings. The molecule has 0 aliphatic carbocycles. The van der Waals surface area contributed by atoms with Gasteiger partial charge in [0.25, 0.3) is 0 Å². The lowest BCUT2D eigenvalue weighted by molar-refractivity contribution is -0.118. The SMILES string of the molecule is Cc1cccc(NC(=O)CSCC(=O)NCC(c2ccccc2)c2ccccc2)c1. The average molecular weight is 419 g/mol. The van der Waals surface area contributed by atoms with Crippen molar-refractivity contribution in [3.05, 3.63) is 102 Å². The average Bonchev–Trinajstić information content (AvgIpc) is 2.75. The molecule has 0 saturated heterocycles.